The summed E-state index contributed by atoms with van der Waals surface area (Å²) in [5.74, 6) is 1.31. The summed E-state index contributed by atoms with van der Waals surface area (Å²) >= 11 is 9.33. The van der Waals surface area contributed by atoms with Crippen molar-refractivity contribution in [2.45, 2.75) is 13.5 Å². The molecule has 18 heavy (non-hydrogen) atoms. The van der Waals surface area contributed by atoms with Gasteiger partial charge in [0.25, 0.3) is 0 Å². The van der Waals surface area contributed by atoms with E-state index in [0.29, 0.717) is 16.5 Å². The molecule has 0 saturated heterocycles. The molecule has 0 atom stereocenters. The zero-order valence-electron chi connectivity index (χ0n) is 9.78. The van der Waals surface area contributed by atoms with Crippen LogP contribution < -0.4 is 4.74 Å². The standard InChI is InChI=1S/C14H12BrClO2/c1-9-2-5-12(16)7-13(9)18-14-6-11(15)4-3-10(14)8-17/h2-7,17H,8H2,1H3. The largest absolute Gasteiger partial charge is 0.457 e. The van der Waals surface area contributed by atoms with E-state index in [1.54, 1.807) is 6.07 Å². The number of hydrogen-bond acceptors (Lipinski definition) is 2. The molecule has 0 amide bonds. The normalized spacial score (nSPS) is 10.4. The molecule has 2 nitrogen and oxygen atoms in total. The van der Waals surface area contributed by atoms with Crippen molar-refractivity contribution >= 4 is 27.5 Å². The van der Waals surface area contributed by atoms with Gasteiger partial charge in [-0.3, -0.25) is 0 Å². The quantitative estimate of drug-likeness (QED) is 0.885. The first kappa shape index (κ1) is 13.4. The van der Waals surface area contributed by atoms with Gasteiger partial charge >= 0.3 is 0 Å². The second-order valence-electron chi connectivity index (χ2n) is 3.92. The van der Waals surface area contributed by atoms with Crippen molar-refractivity contribution < 1.29 is 9.84 Å². The molecular formula is C14H12BrClO2. The van der Waals surface area contributed by atoms with Crippen molar-refractivity contribution in [3.05, 3.63) is 57.0 Å². The van der Waals surface area contributed by atoms with Gasteiger partial charge in [0.15, 0.2) is 0 Å². The maximum Gasteiger partial charge on any atom is 0.134 e. The molecule has 0 aliphatic heterocycles. The smallest absolute Gasteiger partial charge is 0.134 e. The van der Waals surface area contributed by atoms with E-state index in [1.807, 2.05) is 37.3 Å². The predicted octanol–water partition coefficient (Wildman–Crippen LogP) is 4.70. The molecule has 0 heterocycles. The molecule has 0 saturated carbocycles. The molecule has 2 aromatic carbocycles. The maximum absolute atomic E-state index is 9.29. The molecule has 4 heteroatoms. The van der Waals surface area contributed by atoms with Gasteiger partial charge in [0.05, 0.1) is 6.61 Å². The predicted molar refractivity (Wildman–Crippen MR) is 76.3 cm³/mol. The lowest BCUT2D eigenvalue weighted by Crippen LogP contribution is -1.93. The molecule has 0 radical (unpaired) electrons. The molecule has 0 fully saturated rings. The number of hydrogen-bond donors (Lipinski definition) is 1. The van der Waals surface area contributed by atoms with Crippen LogP contribution in [0.1, 0.15) is 11.1 Å². The first-order chi connectivity index (χ1) is 8.60. The number of rotatable bonds is 3. The number of halogens is 2. The third-order valence-corrected chi connectivity index (χ3v) is 3.30. The summed E-state index contributed by atoms with van der Waals surface area (Å²) in [7, 11) is 0. The van der Waals surface area contributed by atoms with Crippen LogP contribution in [-0.2, 0) is 6.61 Å². The Balaban J connectivity index is 2.38. The van der Waals surface area contributed by atoms with Gasteiger partial charge in [-0.1, -0.05) is 39.7 Å². The summed E-state index contributed by atoms with van der Waals surface area (Å²) in [6, 6.07) is 11.0. The maximum atomic E-state index is 9.29. The SMILES string of the molecule is Cc1ccc(Cl)cc1Oc1cc(Br)ccc1CO. The second-order valence-corrected chi connectivity index (χ2v) is 5.27. The summed E-state index contributed by atoms with van der Waals surface area (Å²) in [6.45, 7) is 1.88. The zero-order chi connectivity index (χ0) is 13.1. The van der Waals surface area contributed by atoms with Crippen LogP contribution in [0, 0.1) is 6.92 Å². The van der Waals surface area contributed by atoms with Gasteiger partial charge in [0.2, 0.25) is 0 Å². The van der Waals surface area contributed by atoms with Crippen molar-refractivity contribution in [1.29, 1.82) is 0 Å². The lowest BCUT2D eigenvalue weighted by atomic mass is 10.2. The highest BCUT2D eigenvalue weighted by molar-refractivity contribution is 9.10. The van der Waals surface area contributed by atoms with Gasteiger partial charge in [-0.2, -0.15) is 0 Å². The summed E-state index contributed by atoms with van der Waals surface area (Å²) in [4.78, 5) is 0. The van der Waals surface area contributed by atoms with Gasteiger partial charge in [0.1, 0.15) is 11.5 Å². The van der Waals surface area contributed by atoms with Crippen LogP contribution in [0.15, 0.2) is 40.9 Å². The number of ether oxygens (including phenoxy) is 1. The Hall–Kier alpha value is -1.03. The lowest BCUT2D eigenvalue weighted by Gasteiger charge is -2.12. The van der Waals surface area contributed by atoms with E-state index in [-0.39, 0.29) is 6.61 Å². The molecule has 0 unspecified atom stereocenters. The highest BCUT2D eigenvalue weighted by Gasteiger charge is 2.07. The zero-order valence-corrected chi connectivity index (χ0v) is 12.1. The minimum Gasteiger partial charge on any atom is -0.457 e. The van der Waals surface area contributed by atoms with Crippen molar-refractivity contribution in [3.63, 3.8) is 0 Å². The molecule has 0 bridgehead atoms. The summed E-state index contributed by atoms with van der Waals surface area (Å²) in [6.07, 6.45) is 0. The number of benzene rings is 2. The van der Waals surface area contributed by atoms with E-state index in [2.05, 4.69) is 15.9 Å². The molecule has 94 valence electrons. The first-order valence-electron chi connectivity index (χ1n) is 5.43. The van der Waals surface area contributed by atoms with E-state index >= 15 is 0 Å². The van der Waals surface area contributed by atoms with E-state index in [9.17, 15) is 5.11 Å². The monoisotopic (exact) mass is 326 g/mol. The van der Waals surface area contributed by atoms with E-state index < -0.39 is 0 Å². The molecule has 1 N–H and O–H groups in total. The average Bonchev–Trinajstić information content (AvgIpc) is 2.34. The van der Waals surface area contributed by atoms with Gasteiger partial charge in [-0.05, 0) is 36.8 Å². The Bertz CT molecular complexity index is 570. The van der Waals surface area contributed by atoms with E-state index in [0.717, 1.165) is 15.6 Å². The van der Waals surface area contributed by atoms with E-state index in [1.165, 1.54) is 0 Å². The van der Waals surface area contributed by atoms with Gasteiger partial charge < -0.3 is 9.84 Å². The fourth-order valence-corrected chi connectivity index (χ4v) is 2.06. The van der Waals surface area contributed by atoms with Gasteiger partial charge in [-0.25, -0.2) is 0 Å². The topological polar surface area (TPSA) is 29.5 Å². The molecular weight excluding hydrogens is 316 g/mol. The van der Waals surface area contributed by atoms with Crippen molar-refractivity contribution in [3.8, 4) is 11.5 Å². The van der Waals surface area contributed by atoms with Crippen LogP contribution in [0.4, 0.5) is 0 Å². The lowest BCUT2D eigenvalue weighted by molar-refractivity contribution is 0.276. The number of aliphatic hydroxyl groups excluding tert-OH is 1. The summed E-state index contributed by atoms with van der Waals surface area (Å²) in [5, 5.41) is 9.91. The van der Waals surface area contributed by atoms with Crippen molar-refractivity contribution in [2.24, 2.45) is 0 Å². The summed E-state index contributed by atoms with van der Waals surface area (Å²) < 4.78 is 6.72. The number of aliphatic hydroxyl groups is 1. The van der Waals surface area contributed by atoms with Crippen LogP contribution >= 0.6 is 27.5 Å². The molecule has 0 aromatic heterocycles. The summed E-state index contributed by atoms with van der Waals surface area (Å²) in [5.41, 5.74) is 1.72. The van der Waals surface area contributed by atoms with Crippen molar-refractivity contribution in [2.75, 3.05) is 0 Å². The molecule has 0 aliphatic rings. The Kier molecular flexibility index (Phi) is 4.27. The Morgan fingerprint density at radius 2 is 1.94 bits per heavy atom. The van der Waals surface area contributed by atoms with E-state index in [4.69, 9.17) is 16.3 Å². The van der Waals surface area contributed by atoms with Gasteiger partial charge in [-0.15, -0.1) is 0 Å². The average molecular weight is 328 g/mol. The Morgan fingerprint density at radius 1 is 1.17 bits per heavy atom. The van der Waals surface area contributed by atoms with Crippen LogP contribution in [0.2, 0.25) is 5.02 Å². The van der Waals surface area contributed by atoms with Crippen LogP contribution in [0.3, 0.4) is 0 Å². The highest BCUT2D eigenvalue weighted by atomic mass is 79.9. The van der Waals surface area contributed by atoms with Crippen molar-refractivity contribution in [1.82, 2.24) is 0 Å². The Labute approximate surface area is 119 Å². The second kappa shape index (κ2) is 5.74. The fourth-order valence-electron chi connectivity index (χ4n) is 1.56. The first-order valence-corrected chi connectivity index (χ1v) is 6.60. The third kappa shape index (κ3) is 3.05. The van der Waals surface area contributed by atoms with Crippen LogP contribution in [-0.4, -0.2) is 5.11 Å². The van der Waals surface area contributed by atoms with Crippen LogP contribution in [0.25, 0.3) is 0 Å². The molecule has 0 spiro atoms. The van der Waals surface area contributed by atoms with Crippen LogP contribution in [0.5, 0.6) is 11.5 Å². The fraction of sp³-hybridized carbons (Fsp3) is 0.143. The molecule has 2 aromatic rings. The van der Waals surface area contributed by atoms with Gasteiger partial charge in [0, 0.05) is 15.1 Å². The highest BCUT2D eigenvalue weighted by Crippen LogP contribution is 2.32. The molecule has 0 aliphatic carbocycles. The minimum absolute atomic E-state index is 0.0672. The Morgan fingerprint density at radius 3 is 2.67 bits per heavy atom. The number of aryl methyl sites for hydroxylation is 1. The molecule has 2 rings (SSSR count). The third-order valence-electron chi connectivity index (χ3n) is 2.57. The minimum atomic E-state index is -0.0672.